The molecule has 3 nitrogen and oxygen atoms in total. The first-order valence-electron chi connectivity index (χ1n) is 7.38. The minimum absolute atomic E-state index is 0. The Bertz CT molecular complexity index is 423. The smallest absolute Gasteiger partial charge is 0.220 e. The van der Waals surface area contributed by atoms with Crippen LogP contribution in [-0.4, -0.2) is 12.5 Å². The predicted molar refractivity (Wildman–Crippen MR) is 85.0 cm³/mol. The number of hydrogen-bond donors (Lipinski definition) is 2. The molecule has 4 heteroatoms. The fourth-order valence-electron chi connectivity index (χ4n) is 2.76. The van der Waals surface area contributed by atoms with E-state index in [0.717, 1.165) is 45.1 Å². The van der Waals surface area contributed by atoms with E-state index in [1.807, 2.05) is 0 Å². The molecule has 0 aliphatic heterocycles. The fraction of sp³-hybridized carbons (Fsp3) is 0.562. The maximum absolute atomic E-state index is 11.9. The molecule has 20 heavy (non-hydrogen) atoms. The zero-order valence-corrected chi connectivity index (χ0v) is 12.8. The average Bonchev–Trinajstić information content (AvgIpc) is 2.82. The first-order valence-corrected chi connectivity index (χ1v) is 7.38. The summed E-state index contributed by atoms with van der Waals surface area (Å²) in [5.74, 6) is 0.189. The van der Waals surface area contributed by atoms with Gasteiger partial charge in [0.1, 0.15) is 0 Å². The number of hydrogen-bond acceptors (Lipinski definition) is 2. The number of carbonyl (C=O) groups is 1. The highest BCUT2D eigenvalue weighted by molar-refractivity contribution is 5.85. The van der Waals surface area contributed by atoms with Gasteiger partial charge in [-0.05, 0) is 43.4 Å². The molecule has 1 aromatic rings. The quantitative estimate of drug-likeness (QED) is 0.760. The molecular formula is C16H25ClN2O. The third kappa shape index (κ3) is 4.80. The molecule has 0 heterocycles. The molecular weight excluding hydrogens is 272 g/mol. The van der Waals surface area contributed by atoms with E-state index in [0.29, 0.717) is 6.42 Å². The van der Waals surface area contributed by atoms with Crippen molar-refractivity contribution >= 4 is 18.3 Å². The standard InChI is InChI=1S/C16H24N2O.ClH/c17-12-6-2-1-3-9-16(19)18-15-11-10-13-7-4-5-8-14(13)15;/h4-5,7-8,15H,1-3,6,9-12,17H2,(H,18,19);1H. The number of nitrogens with one attached hydrogen (secondary N) is 1. The van der Waals surface area contributed by atoms with Gasteiger partial charge in [-0.2, -0.15) is 0 Å². The molecule has 0 saturated heterocycles. The Labute approximate surface area is 127 Å². The minimum atomic E-state index is 0. The number of aryl methyl sites for hydroxylation is 1. The summed E-state index contributed by atoms with van der Waals surface area (Å²) >= 11 is 0. The lowest BCUT2D eigenvalue weighted by Crippen LogP contribution is -2.26. The summed E-state index contributed by atoms with van der Waals surface area (Å²) in [5, 5.41) is 3.16. The topological polar surface area (TPSA) is 55.1 Å². The van der Waals surface area contributed by atoms with E-state index in [-0.39, 0.29) is 24.4 Å². The number of unbranched alkanes of at least 4 members (excludes halogenated alkanes) is 3. The molecule has 1 aliphatic rings. The predicted octanol–water partition coefficient (Wildman–Crippen LogP) is 3.12. The average molecular weight is 297 g/mol. The van der Waals surface area contributed by atoms with Crippen LogP contribution in [0.25, 0.3) is 0 Å². The number of carbonyl (C=O) groups excluding carboxylic acids is 1. The van der Waals surface area contributed by atoms with Gasteiger partial charge in [0.25, 0.3) is 0 Å². The SMILES string of the molecule is Cl.NCCCCCCC(=O)NC1CCc2ccccc21. The van der Waals surface area contributed by atoms with Gasteiger partial charge in [0, 0.05) is 6.42 Å². The second kappa shape index (κ2) is 8.98. The summed E-state index contributed by atoms with van der Waals surface area (Å²) in [6.45, 7) is 0.755. The second-order valence-corrected chi connectivity index (χ2v) is 5.31. The van der Waals surface area contributed by atoms with Crippen LogP contribution in [0, 0.1) is 0 Å². The van der Waals surface area contributed by atoms with Crippen LogP contribution >= 0.6 is 12.4 Å². The summed E-state index contributed by atoms with van der Waals surface area (Å²) < 4.78 is 0. The number of halogens is 1. The lowest BCUT2D eigenvalue weighted by molar-refractivity contribution is -0.121. The monoisotopic (exact) mass is 296 g/mol. The molecule has 1 unspecified atom stereocenters. The van der Waals surface area contributed by atoms with E-state index < -0.39 is 0 Å². The van der Waals surface area contributed by atoms with Gasteiger partial charge in [0.2, 0.25) is 5.91 Å². The van der Waals surface area contributed by atoms with E-state index in [2.05, 4.69) is 29.6 Å². The third-order valence-electron chi connectivity index (χ3n) is 3.83. The fourth-order valence-corrected chi connectivity index (χ4v) is 2.76. The molecule has 1 aliphatic carbocycles. The number of amides is 1. The highest BCUT2D eigenvalue weighted by Crippen LogP contribution is 2.30. The maximum Gasteiger partial charge on any atom is 0.220 e. The van der Waals surface area contributed by atoms with Crippen LogP contribution in [0.1, 0.15) is 55.7 Å². The first kappa shape index (κ1) is 17.0. The molecule has 112 valence electrons. The van der Waals surface area contributed by atoms with Gasteiger partial charge in [-0.1, -0.05) is 37.1 Å². The lowest BCUT2D eigenvalue weighted by atomic mass is 10.1. The Morgan fingerprint density at radius 1 is 1.20 bits per heavy atom. The van der Waals surface area contributed by atoms with Crippen molar-refractivity contribution in [3.63, 3.8) is 0 Å². The molecule has 0 saturated carbocycles. The van der Waals surface area contributed by atoms with Crippen LogP contribution in [-0.2, 0) is 11.2 Å². The van der Waals surface area contributed by atoms with Gasteiger partial charge in [-0.25, -0.2) is 0 Å². The second-order valence-electron chi connectivity index (χ2n) is 5.31. The molecule has 0 aromatic heterocycles. The number of nitrogens with two attached hydrogens (primary N) is 1. The molecule has 0 bridgehead atoms. The van der Waals surface area contributed by atoms with Crippen molar-refractivity contribution in [3.8, 4) is 0 Å². The summed E-state index contributed by atoms with van der Waals surface area (Å²) in [6.07, 6.45) is 7.04. The Morgan fingerprint density at radius 3 is 2.75 bits per heavy atom. The first-order chi connectivity index (χ1) is 9.31. The molecule has 1 atom stereocenters. The molecule has 0 fully saturated rings. The van der Waals surface area contributed by atoms with Crippen LogP contribution in [0.15, 0.2) is 24.3 Å². The van der Waals surface area contributed by atoms with Crippen LogP contribution in [0.5, 0.6) is 0 Å². The molecule has 1 aromatic carbocycles. The van der Waals surface area contributed by atoms with Gasteiger partial charge in [-0.15, -0.1) is 12.4 Å². The van der Waals surface area contributed by atoms with Crippen molar-refractivity contribution < 1.29 is 4.79 Å². The number of fused-ring (bicyclic) bond motifs is 1. The van der Waals surface area contributed by atoms with E-state index in [4.69, 9.17) is 5.73 Å². The Kier molecular flexibility index (Phi) is 7.63. The normalized spacial score (nSPS) is 16.4. The van der Waals surface area contributed by atoms with Gasteiger partial charge < -0.3 is 11.1 Å². The van der Waals surface area contributed by atoms with Gasteiger partial charge in [-0.3, -0.25) is 4.79 Å². The van der Waals surface area contributed by atoms with Gasteiger partial charge in [0.15, 0.2) is 0 Å². The number of rotatable bonds is 7. The van der Waals surface area contributed by atoms with Crippen molar-refractivity contribution in [1.29, 1.82) is 0 Å². The van der Waals surface area contributed by atoms with Gasteiger partial charge in [0.05, 0.1) is 6.04 Å². The molecule has 2 rings (SSSR count). The van der Waals surface area contributed by atoms with Gasteiger partial charge >= 0.3 is 0 Å². The summed E-state index contributed by atoms with van der Waals surface area (Å²) in [5.41, 5.74) is 8.13. The van der Waals surface area contributed by atoms with E-state index in [1.165, 1.54) is 11.1 Å². The molecule has 3 N–H and O–H groups in total. The Hall–Kier alpha value is -1.06. The van der Waals surface area contributed by atoms with E-state index >= 15 is 0 Å². The third-order valence-corrected chi connectivity index (χ3v) is 3.83. The summed E-state index contributed by atoms with van der Waals surface area (Å²) in [6, 6.07) is 8.65. The molecule has 0 radical (unpaired) electrons. The Balaban J connectivity index is 0.00000200. The van der Waals surface area contributed by atoms with Crippen LogP contribution in [0.4, 0.5) is 0 Å². The highest BCUT2D eigenvalue weighted by Gasteiger charge is 2.22. The van der Waals surface area contributed by atoms with Crippen LogP contribution < -0.4 is 11.1 Å². The molecule has 1 amide bonds. The van der Waals surface area contributed by atoms with Crippen molar-refractivity contribution in [1.82, 2.24) is 5.32 Å². The zero-order valence-electron chi connectivity index (χ0n) is 11.9. The molecule has 0 spiro atoms. The van der Waals surface area contributed by atoms with Crippen LogP contribution in [0.3, 0.4) is 0 Å². The lowest BCUT2D eigenvalue weighted by Gasteiger charge is -2.14. The van der Waals surface area contributed by atoms with Crippen molar-refractivity contribution in [2.75, 3.05) is 6.54 Å². The highest BCUT2D eigenvalue weighted by atomic mass is 35.5. The summed E-state index contributed by atoms with van der Waals surface area (Å²) in [4.78, 5) is 11.9. The number of benzene rings is 1. The van der Waals surface area contributed by atoms with Crippen molar-refractivity contribution in [2.24, 2.45) is 5.73 Å². The van der Waals surface area contributed by atoms with Crippen molar-refractivity contribution in [3.05, 3.63) is 35.4 Å². The maximum atomic E-state index is 11.9. The van der Waals surface area contributed by atoms with Crippen molar-refractivity contribution in [2.45, 2.75) is 51.0 Å². The zero-order chi connectivity index (χ0) is 13.5. The van der Waals surface area contributed by atoms with Crippen LogP contribution in [0.2, 0.25) is 0 Å². The Morgan fingerprint density at radius 2 is 1.95 bits per heavy atom. The minimum Gasteiger partial charge on any atom is -0.349 e. The van der Waals surface area contributed by atoms with E-state index in [9.17, 15) is 4.79 Å². The van der Waals surface area contributed by atoms with E-state index in [1.54, 1.807) is 0 Å². The largest absolute Gasteiger partial charge is 0.349 e. The summed E-state index contributed by atoms with van der Waals surface area (Å²) in [7, 11) is 0.